The molecule has 2 fully saturated rings. The lowest BCUT2D eigenvalue weighted by Gasteiger charge is -2.36. The molecule has 55 heavy (non-hydrogen) atoms. The zero-order valence-electron chi connectivity index (χ0n) is 31.0. The average Bonchev–Trinajstić information content (AvgIpc) is 3.71. The molecule has 2 aliphatic heterocycles. The van der Waals surface area contributed by atoms with E-state index in [2.05, 4.69) is 15.6 Å². The molecule has 0 saturated carbocycles. The maximum atomic E-state index is 14.9. The fraction of sp³-hybridized carbons (Fsp3) is 0.375. The summed E-state index contributed by atoms with van der Waals surface area (Å²) in [6, 6.07) is 25.2. The van der Waals surface area contributed by atoms with Crippen LogP contribution in [0.15, 0.2) is 97.1 Å². The Balaban J connectivity index is 1.37. The molecule has 2 N–H and O–H groups in total. The maximum absolute atomic E-state index is 14.9. The van der Waals surface area contributed by atoms with Crippen LogP contribution in [0.1, 0.15) is 36.7 Å². The minimum atomic E-state index is -4.28. The van der Waals surface area contributed by atoms with E-state index in [4.69, 9.17) is 23.5 Å². The van der Waals surface area contributed by atoms with E-state index < -0.39 is 43.6 Å². The molecule has 0 aliphatic carbocycles. The lowest BCUT2D eigenvalue weighted by Crippen LogP contribution is -2.61. The molecule has 0 spiro atoms. The van der Waals surface area contributed by atoms with Gasteiger partial charge in [0.15, 0.2) is 11.6 Å². The van der Waals surface area contributed by atoms with Crippen molar-refractivity contribution in [1.82, 2.24) is 25.5 Å². The first kappa shape index (κ1) is 39.4. The van der Waals surface area contributed by atoms with Crippen molar-refractivity contribution >= 4 is 31.2 Å². The van der Waals surface area contributed by atoms with Gasteiger partial charge in [-0.25, -0.2) is 19.3 Å². The number of nitrogens with zero attached hydrogens (tertiary/aromatic N) is 4. The molecule has 3 unspecified atom stereocenters. The van der Waals surface area contributed by atoms with Gasteiger partial charge in [0.1, 0.15) is 41.3 Å². The summed E-state index contributed by atoms with van der Waals surface area (Å²) < 4.78 is 38.1. The highest BCUT2D eigenvalue weighted by molar-refractivity contribution is 7.54. The van der Waals surface area contributed by atoms with Crippen molar-refractivity contribution in [2.75, 3.05) is 57.5 Å². The number of hydrogen-bond acceptors (Lipinski definition) is 12. The number of anilines is 1. The van der Waals surface area contributed by atoms with Crippen LogP contribution in [0.3, 0.4) is 0 Å². The number of aromatic nitrogens is 2. The van der Waals surface area contributed by atoms with Crippen molar-refractivity contribution in [3.63, 3.8) is 0 Å². The maximum Gasteiger partial charge on any atom is 0.433 e. The Bertz CT molecular complexity index is 1890. The Labute approximate surface area is 321 Å². The largest absolute Gasteiger partial charge is 0.449 e. The topological polar surface area (TPSA) is 162 Å². The van der Waals surface area contributed by atoms with Gasteiger partial charge in [0, 0.05) is 51.5 Å². The van der Waals surface area contributed by atoms with E-state index in [0.717, 1.165) is 12.8 Å². The van der Waals surface area contributed by atoms with E-state index in [1.807, 2.05) is 42.2 Å². The standard InChI is InChI=1S/C40H47N6O8P/c1-3-4-24-52-40(49)46-23-21-41-26-35(46)37(47)34(28-55(50,53-30-16-10-6-11-17-30)54-31-18-12-7-13-19-31)43-39(48)33-25-36(45-22-20-32(27-45)51-2)44-38(42-33)29-14-8-5-9-15-29/h5-19,25,32,34-35,41H,3-4,20-24,26-28H2,1-2H3,(H,43,48). The predicted molar refractivity (Wildman–Crippen MR) is 208 cm³/mol. The number of hydrogen-bond donors (Lipinski definition) is 2. The third-order valence-electron chi connectivity index (χ3n) is 9.34. The number of rotatable bonds is 16. The molecule has 2 aliphatic rings. The second-order valence-corrected chi connectivity index (χ2v) is 15.3. The summed E-state index contributed by atoms with van der Waals surface area (Å²) >= 11 is 0. The van der Waals surface area contributed by atoms with E-state index in [1.54, 1.807) is 73.8 Å². The molecule has 4 aromatic rings. The summed E-state index contributed by atoms with van der Waals surface area (Å²) in [4.78, 5) is 55.3. The van der Waals surface area contributed by atoms with Crippen LogP contribution in [0.4, 0.5) is 10.6 Å². The summed E-state index contributed by atoms with van der Waals surface area (Å²) in [6.07, 6.45) is 1.06. The van der Waals surface area contributed by atoms with Crippen LogP contribution in [-0.2, 0) is 18.8 Å². The van der Waals surface area contributed by atoms with Crippen LogP contribution in [0, 0.1) is 0 Å². The van der Waals surface area contributed by atoms with E-state index in [9.17, 15) is 18.9 Å². The molecule has 3 aromatic carbocycles. The monoisotopic (exact) mass is 770 g/mol. The summed E-state index contributed by atoms with van der Waals surface area (Å²) in [5, 5.41) is 6.00. The normalized spacial score (nSPS) is 17.6. The number of carbonyl (C=O) groups is 3. The van der Waals surface area contributed by atoms with Gasteiger partial charge in [-0.1, -0.05) is 80.1 Å². The first-order valence-corrected chi connectivity index (χ1v) is 20.3. The highest BCUT2D eigenvalue weighted by Gasteiger charge is 2.43. The quantitative estimate of drug-likeness (QED) is 0.107. The number of unbranched alkanes of at least 4 members (excludes halogenated alkanes) is 1. The van der Waals surface area contributed by atoms with E-state index in [-0.39, 0.29) is 43.0 Å². The number of nitrogens with one attached hydrogen (secondary N) is 2. The molecule has 2 amide bonds. The van der Waals surface area contributed by atoms with Gasteiger partial charge in [-0.2, -0.15) is 0 Å². The summed E-state index contributed by atoms with van der Waals surface area (Å²) in [7, 11) is -2.62. The van der Waals surface area contributed by atoms with Gasteiger partial charge in [-0.05, 0) is 37.1 Å². The van der Waals surface area contributed by atoms with E-state index >= 15 is 0 Å². The van der Waals surface area contributed by atoms with Crippen molar-refractivity contribution in [3.05, 3.63) is 103 Å². The highest BCUT2D eigenvalue weighted by atomic mass is 31.2. The lowest BCUT2D eigenvalue weighted by atomic mass is 10.0. The Hall–Kier alpha value is -5.30. The number of para-hydroxylation sites is 2. The zero-order valence-corrected chi connectivity index (χ0v) is 31.9. The predicted octanol–water partition coefficient (Wildman–Crippen LogP) is 5.60. The van der Waals surface area contributed by atoms with Crippen LogP contribution in [0.2, 0.25) is 0 Å². The van der Waals surface area contributed by atoms with Gasteiger partial charge in [0.2, 0.25) is 0 Å². The fourth-order valence-corrected chi connectivity index (χ4v) is 8.18. The van der Waals surface area contributed by atoms with Crippen LogP contribution >= 0.6 is 7.60 Å². The number of amides is 2. The van der Waals surface area contributed by atoms with Crippen LogP contribution in [0.5, 0.6) is 11.5 Å². The SMILES string of the molecule is CCCCOC(=O)N1CCNCC1C(=O)C(CP(=O)(Oc1ccccc1)Oc1ccccc1)NC(=O)c1cc(N2CCC(OC)C2)nc(-c2ccccc2)n1. The number of methoxy groups -OCH3 is 1. The molecule has 1 aromatic heterocycles. The Morgan fingerprint density at radius 2 is 1.58 bits per heavy atom. The Morgan fingerprint density at radius 3 is 2.20 bits per heavy atom. The minimum Gasteiger partial charge on any atom is -0.449 e. The molecule has 14 nitrogen and oxygen atoms in total. The number of benzene rings is 3. The van der Waals surface area contributed by atoms with Gasteiger partial charge in [-0.3, -0.25) is 14.5 Å². The fourth-order valence-electron chi connectivity index (χ4n) is 6.39. The van der Waals surface area contributed by atoms with E-state index in [0.29, 0.717) is 43.3 Å². The van der Waals surface area contributed by atoms with Crippen molar-refractivity contribution in [3.8, 4) is 22.9 Å². The zero-order chi connectivity index (χ0) is 38.6. The average molecular weight is 771 g/mol. The molecule has 2 saturated heterocycles. The number of ether oxygens (including phenoxy) is 2. The summed E-state index contributed by atoms with van der Waals surface area (Å²) in [5.74, 6) is 0.0229. The molecule has 0 radical (unpaired) electrons. The number of Topliss-reactive ketones (excluding diaryl/α,β-unsaturated/α-hetero) is 1. The van der Waals surface area contributed by atoms with Crippen molar-refractivity contribution < 1.29 is 37.5 Å². The Kier molecular flexibility index (Phi) is 13.5. The minimum absolute atomic E-state index is 0.00139. The smallest absolute Gasteiger partial charge is 0.433 e. The second kappa shape index (κ2) is 18.8. The number of ketones is 1. The van der Waals surface area contributed by atoms with Crippen molar-refractivity contribution in [1.29, 1.82) is 0 Å². The highest BCUT2D eigenvalue weighted by Crippen LogP contribution is 2.49. The molecule has 6 rings (SSSR count). The third-order valence-corrected chi connectivity index (χ3v) is 11.1. The van der Waals surface area contributed by atoms with Crippen molar-refractivity contribution in [2.45, 2.75) is 44.4 Å². The summed E-state index contributed by atoms with van der Waals surface area (Å²) in [6.45, 7) is 4.12. The van der Waals surface area contributed by atoms with E-state index in [1.165, 1.54) is 4.90 Å². The van der Waals surface area contributed by atoms with Gasteiger partial charge >= 0.3 is 13.7 Å². The molecule has 15 heteroatoms. The second-order valence-electron chi connectivity index (χ2n) is 13.3. The van der Waals surface area contributed by atoms with Gasteiger partial charge < -0.3 is 34.1 Å². The lowest BCUT2D eigenvalue weighted by molar-refractivity contribution is -0.125. The van der Waals surface area contributed by atoms with Gasteiger partial charge in [0.05, 0.1) is 12.7 Å². The first-order chi connectivity index (χ1) is 26.7. The van der Waals surface area contributed by atoms with Crippen molar-refractivity contribution in [2.24, 2.45) is 0 Å². The molecule has 3 atom stereocenters. The number of piperazine rings is 1. The Morgan fingerprint density at radius 1 is 0.927 bits per heavy atom. The van der Waals surface area contributed by atoms with Gasteiger partial charge in [-0.15, -0.1) is 0 Å². The van der Waals surface area contributed by atoms with Crippen LogP contribution in [0.25, 0.3) is 11.4 Å². The van der Waals surface area contributed by atoms with Crippen LogP contribution < -0.4 is 24.6 Å². The van der Waals surface area contributed by atoms with Crippen LogP contribution in [-0.4, -0.2) is 103 Å². The third kappa shape index (κ3) is 10.5. The van der Waals surface area contributed by atoms with Gasteiger partial charge in [0.25, 0.3) is 5.91 Å². The first-order valence-electron chi connectivity index (χ1n) is 18.5. The molecular weight excluding hydrogens is 723 g/mol. The number of carbonyl (C=O) groups excluding carboxylic acids is 3. The molecule has 0 bridgehead atoms. The molecule has 290 valence electrons. The summed E-state index contributed by atoms with van der Waals surface area (Å²) in [5.41, 5.74) is 0.680. The molecular formula is C40H47N6O8P. The molecule has 3 heterocycles.